The molecule has 1 fully saturated rings. The normalized spacial score (nSPS) is 24.8. The van der Waals surface area contributed by atoms with Gasteiger partial charge in [0.15, 0.2) is 11.6 Å². The van der Waals surface area contributed by atoms with Gasteiger partial charge in [-0.3, -0.25) is 9.59 Å². The van der Waals surface area contributed by atoms with E-state index in [0.717, 1.165) is 12.8 Å². The van der Waals surface area contributed by atoms with Gasteiger partial charge in [-0.25, -0.2) is 0 Å². The lowest BCUT2D eigenvalue weighted by Gasteiger charge is -2.30. The Morgan fingerprint density at radius 3 is 1.62 bits per heavy atom. The number of ketones is 2. The monoisotopic (exact) mass is 220 g/mol. The third kappa shape index (κ3) is 3.76. The van der Waals surface area contributed by atoms with Gasteiger partial charge in [-0.15, -0.1) is 0 Å². The topological polar surface area (TPSA) is 34.1 Å². The van der Waals surface area contributed by atoms with Crippen molar-refractivity contribution in [2.45, 2.75) is 38.5 Å². The summed E-state index contributed by atoms with van der Waals surface area (Å²) in [5.74, 6) is 0.928. The molecule has 0 spiro atoms. The zero-order valence-electron chi connectivity index (χ0n) is 9.78. The SMILES string of the molecule is C=CC(=O)CC1CCCCC1CC(=O)C=C. The fraction of sp³-hybridized carbons (Fsp3) is 0.571. The van der Waals surface area contributed by atoms with Gasteiger partial charge in [0, 0.05) is 12.8 Å². The quantitative estimate of drug-likeness (QED) is 0.645. The molecule has 16 heavy (non-hydrogen) atoms. The minimum atomic E-state index is 0.1000. The van der Waals surface area contributed by atoms with Crippen molar-refractivity contribution in [1.82, 2.24) is 0 Å². The van der Waals surface area contributed by atoms with Crippen molar-refractivity contribution in [3.05, 3.63) is 25.3 Å². The summed E-state index contributed by atoms with van der Waals surface area (Å²) in [6.45, 7) is 6.99. The molecule has 0 amide bonds. The third-order valence-electron chi connectivity index (χ3n) is 3.45. The van der Waals surface area contributed by atoms with Gasteiger partial charge in [-0.05, 0) is 36.8 Å². The molecule has 2 nitrogen and oxygen atoms in total. The second kappa shape index (κ2) is 6.41. The van der Waals surface area contributed by atoms with E-state index in [0.29, 0.717) is 24.7 Å². The summed E-state index contributed by atoms with van der Waals surface area (Å²) in [5.41, 5.74) is 0. The van der Waals surface area contributed by atoms with Gasteiger partial charge in [0.2, 0.25) is 0 Å². The molecule has 1 rings (SSSR count). The van der Waals surface area contributed by atoms with Crippen LogP contribution in [-0.2, 0) is 9.59 Å². The van der Waals surface area contributed by atoms with Crippen molar-refractivity contribution in [3.8, 4) is 0 Å². The molecule has 2 unspecified atom stereocenters. The minimum absolute atomic E-state index is 0.1000. The highest BCUT2D eigenvalue weighted by molar-refractivity contribution is 5.90. The number of hydrogen-bond donors (Lipinski definition) is 0. The Morgan fingerprint density at radius 1 is 0.938 bits per heavy atom. The van der Waals surface area contributed by atoms with Crippen molar-refractivity contribution in [2.75, 3.05) is 0 Å². The third-order valence-corrected chi connectivity index (χ3v) is 3.45. The van der Waals surface area contributed by atoms with Crippen molar-refractivity contribution in [1.29, 1.82) is 0 Å². The Kier molecular flexibility index (Phi) is 5.17. The van der Waals surface area contributed by atoms with Crippen LogP contribution in [0.5, 0.6) is 0 Å². The molecule has 0 aromatic carbocycles. The molecule has 0 aliphatic heterocycles. The molecule has 0 aromatic heterocycles. The van der Waals surface area contributed by atoms with Crippen molar-refractivity contribution in [3.63, 3.8) is 0 Å². The van der Waals surface area contributed by atoms with Crippen LogP contribution < -0.4 is 0 Å². The van der Waals surface area contributed by atoms with Crippen LogP contribution in [0.25, 0.3) is 0 Å². The fourth-order valence-corrected chi connectivity index (χ4v) is 2.51. The van der Waals surface area contributed by atoms with Crippen molar-refractivity contribution in [2.24, 2.45) is 11.8 Å². The molecule has 88 valence electrons. The second-order valence-electron chi connectivity index (χ2n) is 4.55. The lowest BCUT2D eigenvalue weighted by atomic mass is 9.74. The predicted molar refractivity (Wildman–Crippen MR) is 65.1 cm³/mol. The van der Waals surface area contributed by atoms with E-state index >= 15 is 0 Å². The van der Waals surface area contributed by atoms with Gasteiger partial charge in [0.05, 0.1) is 0 Å². The standard InChI is InChI=1S/C14H20O2/c1-3-13(15)9-11-7-5-6-8-12(11)10-14(16)4-2/h3-4,11-12H,1-2,5-10H2. The van der Waals surface area contributed by atoms with Gasteiger partial charge < -0.3 is 0 Å². The van der Waals surface area contributed by atoms with E-state index < -0.39 is 0 Å². The molecular formula is C14H20O2. The average Bonchev–Trinajstić information content (AvgIpc) is 2.31. The summed E-state index contributed by atoms with van der Waals surface area (Å²) in [7, 11) is 0. The number of carbonyl (C=O) groups excluding carboxylic acids is 2. The first kappa shape index (κ1) is 12.9. The zero-order valence-corrected chi connectivity index (χ0v) is 9.78. The molecule has 1 saturated carbocycles. The Labute approximate surface area is 97.4 Å². The Bertz CT molecular complexity index is 261. The maximum absolute atomic E-state index is 11.4. The first-order valence-corrected chi connectivity index (χ1v) is 5.98. The molecule has 0 aromatic rings. The predicted octanol–water partition coefficient (Wildman–Crippen LogP) is 3.08. The maximum atomic E-state index is 11.4. The Hall–Kier alpha value is -1.18. The van der Waals surface area contributed by atoms with E-state index in [1.54, 1.807) is 0 Å². The summed E-state index contributed by atoms with van der Waals surface area (Å²) in [5, 5.41) is 0. The Morgan fingerprint density at radius 2 is 1.31 bits per heavy atom. The van der Waals surface area contributed by atoms with Gasteiger partial charge in [0.1, 0.15) is 0 Å². The summed E-state index contributed by atoms with van der Waals surface area (Å²) in [6.07, 6.45) is 8.37. The van der Waals surface area contributed by atoms with Crippen LogP contribution in [-0.4, -0.2) is 11.6 Å². The summed E-state index contributed by atoms with van der Waals surface area (Å²) in [4.78, 5) is 22.7. The van der Waals surface area contributed by atoms with E-state index in [-0.39, 0.29) is 11.6 Å². The van der Waals surface area contributed by atoms with Crippen LogP contribution in [0, 0.1) is 11.8 Å². The van der Waals surface area contributed by atoms with E-state index in [4.69, 9.17) is 0 Å². The molecule has 0 heterocycles. The second-order valence-corrected chi connectivity index (χ2v) is 4.55. The highest BCUT2D eigenvalue weighted by Crippen LogP contribution is 2.34. The molecule has 0 bridgehead atoms. The lowest BCUT2D eigenvalue weighted by Crippen LogP contribution is -2.23. The van der Waals surface area contributed by atoms with Crippen LogP contribution in [0.1, 0.15) is 38.5 Å². The smallest absolute Gasteiger partial charge is 0.155 e. The first-order valence-electron chi connectivity index (χ1n) is 5.98. The van der Waals surface area contributed by atoms with Crippen molar-refractivity contribution < 1.29 is 9.59 Å². The van der Waals surface area contributed by atoms with Gasteiger partial charge in [-0.1, -0.05) is 26.0 Å². The lowest BCUT2D eigenvalue weighted by molar-refractivity contribution is -0.119. The number of allylic oxidation sites excluding steroid dienone is 2. The molecular weight excluding hydrogens is 200 g/mol. The number of carbonyl (C=O) groups is 2. The average molecular weight is 220 g/mol. The molecule has 0 N–H and O–H groups in total. The highest BCUT2D eigenvalue weighted by atomic mass is 16.1. The molecule has 1 aliphatic carbocycles. The largest absolute Gasteiger partial charge is 0.295 e. The highest BCUT2D eigenvalue weighted by Gasteiger charge is 2.27. The van der Waals surface area contributed by atoms with E-state index in [1.807, 2.05) is 0 Å². The number of hydrogen-bond acceptors (Lipinski definition) is 2. The van der Waals surface area contributed by atoms with Crippen LogP contribution in [0.2, 0.25) is 0 Å². The van der Waals surface area contributed by atoms with Crippen LogP contribution in [0.3, 0.4) is 0 Å². The van der Waals surface area contributed by atoms with E-state index in [2.05, 4.69) is 13.2 Å². The summed E-state index contributed by atoms with van der Waals surface area (Å²) in [6, 6.07) is 0. The molecule has 0 radical (unpaired) electrons. The molecule has 2 heteroatoms. The number of rotatable bonds is 6. The fourth-order valence-electron chi connectivity index (χ4n) is 2.51. The molecule has 1 aliphatic rings. The van der Waals surface area contributed by atoms with E-state index in [1.165, 1.54) is 25.0 Å². The van der Waals surface area contributed by atoms with Crippen LogP contribution >= 0.6 is 0 Å². The van der Waals surface area contributed by atoms with Gasteiger partial charge >= 0.3 is 0 Å². The van der Waals surface area contributed by atoms with Gasteiger partial charge in [-0.2, -0.15) is 0 Å². The maximum Gasteiger partial charge on any atom is 0.155 e. The summed E-state index contributed by atoms with van der Waals surface area (Å²) >= 11 is 0. The minimum Gasteiger partial charge on any atom is -0.295 e. The first-order chi connectivity index (χ1) is 7.67. The molecule has 0 saturated heterocycles. The zero-order chi connectivity index (χ0) is 12.0. The summed E-state index contributed by atoms with van der Waals surface area (Å²) < 4.78 is 0. The van der Waals surface area contributed by atoms with Gasteiger partial charge in [0.25, 0.3) is 0 Å². The van der Waals surface area contributed by atoms with Crippen LogP contribution in [0.15, 0.2) is 25.3 Å². The Balaban J connectivity index is 2.56. The van der Waals surface area contributed by atoms with Crippen molar-refractivity contribution >= 4 is 11.6 Å². The van der Waals surface area contributed by atoms with E-state index in [9.17, 15) is 9.59 Å². The molecule has 2 atom stereocenters. The van der Waals surface area contributed by atoms with Crippen LogP contribution in [0.4, 0.5) is 0 Å².